The lowest BCUT2D eigenvalue weighted by atomic mass is 10.1. The Labute approximate surface area is 179 Å². The Bertz CT molecular complexity index is 997. The van der Waals surface area contributed by atoms with Crippen LogP contribution in [0.2, 0.25) is 0 Å². The van der Waals surface area contributed by atoms with E-state index in [1.807, 2.05) is 0 Å². The fraction of sp³-hybridized carbons (Fsp3) is 0.273. The van der Waals surface area contributed by atoms with E-state index in [-0.39, 0.29) is 23.1 Å². The number of esters is 1. The van der Waals surface area contributed by atoms with E-state index in [1.165, 1.54) is 24.3 Å². The molecule has 0 bridgehead atoms. The predicted octanol–water partition coefficient (Wildman–Crippen LogP) is 1.72. The van der Waals surface area contributed by atoms with Gasteiger partial charge in [0, 0.05) is 26.2 Å². The Morgan fingerprint density at radius 2 is 1.77 bits per heavy atom. The van der Waals surface area contributed by atoms with Crippen LogP contribution in [0.25, 0.3) is 6.08 Å². The Morgan fingerprint density at radius 1 is 1.10 bits per heavy atom. The minimum Gasteiger partial charge on any atom is -0.497 e. The van der Waals surface area contributed by atoms with Crippen LogP contribution < -0.4 is 4.74 Å². The average Bonchev–Trinajstić information content (AvgIpc) is 3.36. The number of ether oxygens (including phenoxy) is 2. The molecule has 0 saturated carbocycles. The molecule has 160 valence electrons. The van der Waals surface area contributed by atoms with Gasteiger partial charge in [-0.2, -0.15) is 5.26 Å². The maximum Gasteiger partial charge on any atom is 0.349 e. The molecule has 0 aliphatic carbocycles. The number of amides is 2. The van der Waals surface area contributed by atoms with Gasteiger partial charge in [-0.3, -0.25) is 9.59 Å². The molecular weight excluding hydrogens is 402 g/mol. The van der Waals surface area contributed by atoms with Crippen LogP contribution in [0.1, 0.15) is 16.1 Å². The van der Waals surface area contributed by atoms with E-state index in [9.17, 15) is 19.6 Å². The topological polar surface area (TPSA) is 113 Å². The van der Waals surface area contributed by atoms with E-state index < -0.39 is 12.6 Å². The maximum atomic E-state index is 12.4. The van der Waals surface area contributed by atoms with Crippen molar-refractivity contribution in [3.05, 3.63) is 59.6 Å². The van der Waals surface area contributed by atoms with Gasteiger partial charge in [0.05, 0.1) is 13.4 Å². The molecule has 31 heavy (non-hydrogen) atoms. The van der Waals surface area contributed by atoms with Crippen molar-refractivity contribution in [3.8, 4) is 11.8 Å². The zero-order valence-corrected chi connectivity index (χ0v) is 16.9. The summed E-state index contributed by atoms with van der Waals surface area (Å²) in [5.41, 5.74) is 0.407. The zero-order valence-electron chi connectivity index (χ0n) is 16.9. The van der Waals surface area contributed by atoms with E-state index >= 15 is 0 Å². The smallest absolute Gasteiger partial charge is 0.349 e. The van der Waals surface area contributed by atoms with Crippen molar-refractivity contribution in [2.24, 2.45) is 0 Å². The Morgan fingerprint density at radius 3 is 2.35 bits per heavy atom. The summed E-state index contributed by atoms with van der Waals surface area (Å²) >= 11 is 0. The van der Waals surface area contributed by atoms with Gasteiger partial charge in [0.15, 0.2) is 12.4 Å². The largest absolute Gasteiger partial charge is 0.497 e. The molecule has 0 N–H and O–H groups in total. The second-order valence-corrected chi connectivity index (χ2v) is 6.67. The van der Waals surface area contributed by atoms with Gasteiger partial charge in [-0.15, -0.1) is 0 Å². The lowest BCUT2D eigenvalue weighted by Gasteiger charge is -2.34. The molecule has 2 aromatic rings. The summed E-state index contributed by atoms with van der Waals surface area (Å²) in [7, 11) is 1.54. The summed E-state index contributed by atoms with van der Waals surface area (Å²) in [5, 5.41) is 9.25. The molecule has 2 amide bonds. The van der Waals surface area contributed by atoms with Gasteiger partial charge in [-0.25, -0.2) is 4.79 Å². The summed E-state index contributed by atoms with van der Waals surface area (Å²) in [4.78, 5) is 39.9. The number of methoxy groups -OCH3 is 1. The quantitative estimate of drug-likeness (QED) is 0.395. The number of benzene rings is 1. The zero-order chi connectivity index (χ0) is 22.2. The highest BCUT2D eigenvalue weighted by Crippen LogP contribution is 2.15. The average molecular weight is 423 g/mol. The minimum atomic E-state index is -0.877. The van der Waals surface area contributed by atoms with E-state index in [0.29, 0.717) is 37.5 Å². The standard InChI is InChI=1S/C22H21N3O6/c1-29-18-6-4-16(5-7-18)13-17(14-23)22(28)31-15-20(26)24-8-10-25(11-9-24)21(27)19-3-2-12-30-19/h2-7,12-13H,8-11,15H2,1H3/b17-13-. The highest BCUT2D eigenvalue weighted by atomic mass is 16.5. The van der Waals surface area contributed by atoms with Gasteiger partial charge in [-0.1, -0.05) is 12.1 Å². The van der Waals surface area contributed by atoms with E-state index in [0.717, 1.165) is 0 Å². The van der Waals surface area contributed by atoms with Gasteiger partial charge < -0.3 is 23.7 Å². The van der Waals surface area contributed by atoms with Crippen LogP contribution in [0.4, 0.5) is 0 Å². The second kappa shape index (κ2) is 10.1. The third-order valence-electron chi connectivity index (χ3n) is 4.75. The molecule has 1 fully saturated rings. The third kappa shape index (κ3) is 5.51. The number of hydrogen-bond donors (Lipinski definition) is 0. The molecule has 0 atom stereocenters. The fourth-order valence-electron chi connectivity index (χ4n) is 3.01. The highest BCUT2D eigenvalue weighted by molar-refractivity contribution is 5.98. The number of hydrogen-bond acceptors (Lipinski definition) is 7. The minimum absolute atomic E-state index is 0.216. The van der Waals surface area contributed by atoms with Crippen molar-refractivity contribution >= 4 is 23.9 Å². The maximum absolute atomic E-state index is 12.4. The lowest BCUT2D eigenvalue weighted by molar-refractivity contribution is -0.149. The number of rotatable bonds is 6. The van der Waals surface area contributed by atoms with Gasteiger partial charge in [0.1, 0.15) is 17.4 Å². The molecule has 2 heterocycles. The van der Waals surface area contributed by atoms with Crippen LogP contribution in [-0.4, -0.2) is 67.5 Å². The molecule has 3 rings (SSSR count). The molecule has 0 radical (unpaired) electrons. The molecule has 9 heteroatoms. The highest BCUT2D eigenvalue weighted by Gasteiger charge is 2.26. The normalized spacial score (nSPS) is 14.0. The Balaban J connectivity index is 1.49. The Kier molecular flexibility index (Phi) is 7.06. The summed E-state index contributed by atoms with van der Waals surface area (Å²) in [6.45, 7) is 0.845. The lowest BCUT2D eigenvalue weighted by Crippen LogP contribution is -2.51. The summed E-state index contributed by atoms with van der Waals surface area (Å²) < 4.78 is 15.2. The number of carbonyl (C=O) groups excluding carboxylic acids is 3. The van der Waals surface area contributed by atoms with Crippen molar-refractivity contribution in [2.45, 2.75) is 0 Å². The summed E-state index contributed by atoms with van der Waals surface area (Å²) in [5.74, 6) is -0.597. The van der Waals surface area contributed by atoms with Gasteiger partial charge in [0.25, 0.3) is 11.8 Å². The fourth-order valence-corrected chi connectivity index (χ4v) is 3.01. The van der Waals surface area contributed by atoms with Gasteiger partial charge in [0.2, 0.25) is 0 Å². The van der Waals surface area contributed by atoms with Crippen LogP contribution in [0.15, 0.2) is 52.7 Å². The number of nitriles is 1. The molecule has 9 nitrogen and oxygen atoms in total. The first-order chi connectivity index (χ1) is 15.0. The van der Waals surface area contributed by atoms with Gasteiger partial charge in [-0.05, 0) is 35.9 Å². The SMILES string of the molecule is COc1ccc(/C=C(/C#N)C(=O)OCC(=O)N2CCN(C(=O)c3ccco3)CC2)cc1. The number of carbonyl (C=O) groups is 3. The first kappa shape index (κ1) is 21.6. The molecule has 0 unspecified atom stereocenters. The summed E-state index contributed by atoms with van der Waals surface area (Å²) in [6, 6.07) is 11.8. The van der Waals surface area contributed by atoms with Crippen LogP contribution >= 0.6 is 0 Å². The van der Waals surface area contributed by atoms with Crippen LogP contribution in [0.3, 0.4) is 0 Å². The van der Waals surface area contributed by atoms with Crippen molar-refractivity contribution in [3.63, 3.8) is 0 Å². The van der Waals surface area contributed by atoms with Gasteiger partial charge >= 0.3 is 5.97 Å². The molecule has 1 aromatic heterocycles. The van der Waals surface area contributed by atoms with Crippen LogP contribution in [0.5, 0.6) is 5.75 Å². The van der Waals surface area contributed by atoms with E-state index in [4.69, 9.17) is 13.9 Å². The Hall–Kier alpha value is -4.06. The number of furan rings is 1. The van der Waals surface area contributed by atoms with Crippen molar-refractivity contribution in [1.82, 2.24) is 9.80 Å². The molecule has 1 aliphatic heterocycles. The molecule has 0 spiro atoms. The number of piperazine rings is 1. The third-order valence-corrected chi connectivity index (χ3v) is 4.75. The molecule has 1 aliphatic rings. The van der Waals surface area contributed by atoms with E-state index in [2.05, 4.69) is 0 Å². The van der Waals surface area contributed by atoms with Crippen molar-refractivity contribution in [1.29, 1.82) is 5.26 Å². The van der Waals surface area contributed by atoms with E-state index in [1.54, 1.807) is 47.4 Å². The first-order valence-corrected chi connectivity index (χ1v) is 9.55. The monoisotopic (exact) mass is 423 g/mol. The summed E-state index contributed by atoms with van der Waals surface area (Å²) in [6.07, 6.45) is 2.81. The second-order valence-electron chi connectivity index (χ2n) is 6.67. The molecule has 1 saturated heterocycles. The van der Waals surface area contributed by atoms with Crippen LogP contribution in [-0.2, 0) is 14.3 Å². The van der Waals surface area contributed by atoms with Crippen molar-refractivity contribution < 1.29 is 28.3 Å². The number of nitrogens with zero attached hydrogens (tertiary/aromatic N) is 3. The van der Waals surface area contributed by atoms with Crippen LogP contribution in [0, 0.1) is 11.3 Å². The predicted molar refractivity (Wildman–Crippen MR) is 109 cm³/mol. The molecular formula is C22H21N3O6. The molecule has 1 aromatic carbocycles. The van der Waals surface area contributed by atoms with Crippen molar-refractivity contribution in [2.75, 3.05) is 39.9 Å². The first-order valence-electron chi connectivity index (χ1n) is 9.55.